The van der Waals surface area contributed by atoms with Gasteiger partial charge in [-0.25, -0.2) is 4.68 Å². The van der Waals surface area contributed by atoms with Gasteiger partial charge in [0.1, 0.15) is 5.75 Å². The van der Waals surface area contributed by atoms with Crippen LogP contribution in [0.15, 0.2) is 54.6 Å². The van der Waals surface area contributed by atoms with Crippen LogP contribution >= 0.6 is 0 Å². The Kier molecular flexibility index (Phi) is 5.19. The number of ether oxygens (including phenoxy) is 1. The van der Waals surface area contributed by atoms with E-state index in [1.54, 1.807) is 24.3 Å². The number of halogens is 3. The van der Waals surface area contributed by atoms with E-state index >= 15 is 0 Å². The average molecular weight is 396 g/mol. The zero-order valence-corrected chi connectivity index (χ0v) is 14.7. The molecule has 2 aromatic carbocycles. The van der Waals surface area contributed by atoms with Crippen molar-refractivity contribution < 1.29 is 26.7 Å². The summed E-state index contributed by atoms with van der Waals surface area (Å²) in [7, 11) is 1.49. The summed E-state index contributed by atoms with van der Waals surface area (Å²) in [4.78, 5) is 0. The Hall–Kier alpha value is -2.85. The van der Waals surface area contributed by atoms with E-state index < -0.39 is 23.1 Å². The second-order valence-corrected chi connectivity index (χ2v) is 6.11. The number of nitrogens with zero attached hydrogens (tertiary/aromatic N) is 2. The predicted octanol–water partition coefficient (Wildman–Crippen LogP) is 3.77. The van der Waals surface area contributed by atoms with Crippen LogP contribution < -0.4 is 9.46 Å². The molecule has 6 nitrogen and oxygen atoms in total. The van der Waals surface area contributed by atoms with Crippen molar-refractivity contribution >= 4 is 17.0 Å². The first-order valence-electron chi connectivity index (χ1n) is 7.56. The summed E-state index contributed by atoms with van der Waals surface area (Å²) in [6.07, 6.45) is -4.60. The van der Waals surface area contributed by atoms with Crippen LogP contribution in [0.3, 0.4) is 0 Å². The van der Waals surface area contributed by atoms with Gasteiger partial charge in [0.25, 0.3) is 0 Å². The zero-order valence-electron chi connectivity index (χ0n) is 13.9. The molecule has 0 saturated heterocycles. The van der Waals surface area contributed by atoms with Crippen molar-refractivity contribution in [2.75, 3.05) is 11.8 Å². The molecule has 27 heavy (non-hydrogen) atoms. The normalized spacial score (nSPS) is 12.6. The third-order valence-corrected chi connectivity index (χ3v) is 4.10. The highest BCUT2D eigenvalue weighted by atomic mass is 32.2. The van der Waals surface area contributed by atoms with Gasteiger partial charge in [0, 0.05) is 22.5 Å². The van der Waals surface area contributed by atoms with Crippen molar-refractivity contribution in [2.45, 2.75) is 6.18 Å². The number of hydrogen-bond donors (Lipinski definition) is 1. The van der Waals surface area contributed by atoms with Crippen LogP contribution in [0.5, 0.6) is 5.75 Å². The zero-order chi connectivity index (χ0) is 19.6. The van der Waals surface area contributed by atoms with Gasteiger partial charge >= 0.3 is 6.18 Å². The van der Waals surface area contributed by atoms with Crippen LogP contribution in [0.1, 0.15) is 5.69 Å². The van der Waals surface area contributed by atoms with Crippen molar-refractivity contribution in [3.8, 4) is 22.7 Å². The Balaban J connectivity index is 2.07. The molecule has 1 N–H and O–H groups in total. The van der Waals surface area contributed by atoms with Crippen LogP contribution in [0.2, 0.25) is 0 Å². The van der Waals surface area contributed by atoms with Gasteiger partial charge in [0.05, 0.1) is 18.5 Å². The Bertz CT molecular complexity index is 954. The quantitative estimate of drug-likeness (QED) is 0.666. The van der Waals surface area contributed by atoms with E-state index in [1.165, 1.54) is 31.4 Å². The van der Waals surface area contributed by atoms with Crippen molar-refractivity contribution in [1.29, 1.82) is 0 Å². The molecule has 0 aliphatic heterocycles. The van der Waals surface area contributed by atoms with Gasteiger partial charge in [-0.15, -0.1) is 0 Å². The lowest BCUT2D eigenvalue weighted by Gasteiger charge is -2.11. The largest absolute Gasteiger partial charge is 0.755 e. The maximum atomic E-state index is 13.2. The summed E-state index contributed by atoms with van der Waals surface area (Å²) >= 11 is -2.50. The molecule has 3 aromatic rings. The van der Waals surface area contributed by atoms with Crippen LogP contribution in [0.25, 0.3) is 16.9 Å². The topological polar surface area (TPSA) is 79.2 Å². The van der Waals surface area contributed by atoms with Crippen molar-refractivity contribution in [3.05, 3.63) is 60.3 Å². The summed E-state index contributed by atoms with van der Waals surface area (Å²) < 4.78 is 69.2. The molecule has 1 atom stereocenters. The molecule has 0 amide bonds. The molecule has 1 aromatic heterocycles. The molecule has 0 bridgehead atoms. The fraction of sp³-hybridized carbons (Fsp3) is 0.118. The minimum Gasteiger partial charge on any atom is -0.755 e. The average Bonchev–Trinajstić information content (AvgIpc) is 3.08. The number of methoxy groups -OCH3 is 1. The van der Waals surface area contributed by atoms with Gasteiger partial charge < -0.3 is 14.0 Å². The Morgan fingerprint density at radius 2 is 1.74 bits per heavy atom. The van der Waals surface area contributed by atoms with E-state index in [-0.39, 0.29) is 11.4 Å². The van der Waals surface area contributed by atoms with E-state index in [0.29, 0.717) is 17.0 Å². The second kappa shape index (κ2) is 7.41. The van der Waals surface area contributed by atoms with Gasteiger partial charge in [0.15, 0.2) is 5.69 Å². The van der Waals surface area contributed by atoms with Gasteiger partial charge in [-0.2, -0.15) is 18.3 Å². The predicted molar refractivity (Wildman–Crippen MR) is 93.1 cm³/mol. The Morgan fingerprint density at radius 3 is 2.26 bits per heavy atom. The fourth-order valence-corrected chi connectivity index (χ4v) is 2.78. The minimum atomic E-state index is -4.60. The summed E-state index contributed by atoms with van der Waals surface area (Å²) in [6.45, 7) is 0. The lowest BCUT2D eigenvalue weighted by molar-refractivity contribution is -0.141. The third-order valence-electron chi connectivity index (χ3n) is 3.70. The van der Waals surface area contributed by atoms with Crippen molar-refractivity contribution in [3.63, 3.8) is 0 Å². The van der Waals surface area contributed by atoms with Crippen LogP contribution in [0, 0.1) is 0 Å². The van der Waals surface area contributed by atoms with Crippen LogP contribution in [-0.4, -0.2) is 25.7 Å². The standard InChI is InChI=1S/C17H14F3N3O3S/c1-26-14-8-2-11(3-9-14)15-10-16(17(18,19)20)21-23(15)13-6-4-12(5-7-13)22-27(24)25/h2-10,22H,1H3,(H,24,25)/p-1. The number of hydrogen-bond acceptors (Lipinski definition) is 4. The van der Waals surface area contributed by atoms with Crippen molar-refractivity contribution in [2.24, 2.45) is 0 Å². The van der Waals surface area contributed by atoms with Gasteiger partial charge in [-0.3, -0.25) is 4.21 Å². The third kappa shape index (κ3) is 4.29. The van der Waals surface area contributed by atoms with Gasteiger partial charge in [-0.1, -0.05) is 0 Å². The Morgan fingerprint density at radius 1 is 1.11 bits per heavy atom. The molecule has 3 rings (SSSR count). The molecular formula is C17H13F3N3O3S-. The minimum absolute atomic E-state index is 0.234. The van der Waals surface area contributed by atoms with E-state index in [0.717, 1.165) is 10.7 Å². The molecule has 0 saturated carbocycles. The molecule has 0 aliphatic carbocycles. The van der Waals surface area contributed by atoms with Crippen molar-refractivity contribution in [1.82, 2.24) is 9.78 Å². The number of alkyl halides is 3. The SMILES string of the molecule is COc1ccc(-c2cc(C(F)(F)F)nn2-c2ccc(NS(=O)[O-])cc2)cc1. The number of rotatable bonds is 5. The fourth-order valence-electron chi connectivity index (χ4n) is 2.45. The smallest absolute Gasteiger partial charge is 0.435 e. The Labute approximate surface area is 155 Å². The number of nitrogens with one attached hydrogen (secondary N) is 1. The highest BCUT2D eigenvalue weighted by molar-refractivity contribution is 7.80. The highest BCUT2D eigenvalue weighted by Crippen LogP contribution is 2.33. The summed E-state index contributed by atoms with van der Waals surface area (Å²) in [6, 6.07) is 13.3. The van der Waals surface area contributed by atoms with Crippen LogP contribution in [-0.2, 0) is 17.4 Å². The first-order valence-corrected chi connectivity index (χ1v) is 8.63. The first kappa shape index (κ1) is 18.9. The second-order valence-electron chi connectivity index (χ2n) is 5.44. The molecular weight excluding hydrogens is 383 g/mol. The van der Waals surface area contributed by atoms with E-state index in [1.807, 2.05) is 0 Å². The molecule has 0 spiro atoms. The number of anilines is 1. The molecule has 142 valence electrons. The summed E-state index contributed by atoms with van der Waals surface area (Å²) in [5.74, 6) is 0.571. The van der Waals surface area contributed by atoms with E-state index in [9.17, 15) is 21.9 Å². The number of benzene rings is 2. The first-order chi connectivity index (χ1) is 12.8. The molecule has 10 heteroatoms. The highest BCUT2D eigenvalue weighted by Gasteiger charge is 2.35. The lowest BCUT2D eigenvalue weighted by atomic mass is 10.1. The molecule has 1 unspecified atom stereocenters. The lowest BCUT2D eigenvalue weighted by Crippen LogP contribution is -2.07. The van der Waals surface area contributed by atoms with Gasteiger partial charge in [-0.05, 0) is 54.6 Å². The molecule has 0 radical (unpaired) electrons. The molecule has 0 aliphatic rings. The number of aromatic nitrogens is 2. The van der Waals surface area contributed by atoms with Gasteiger partial charge in [0.2, 0.25) is 0 Å². The maximum Gasteiger partial charge on any atom is 0.435 e. The monoisotopic (exact) mass is 396 g/mol. The summed E-state index contributed by atoms with van der Waals surface area (Å²) in [5, 5.41) is 3.68. The molecule has 0 fully saturated rings. The maximum absolute atomic E-state index is 13.2. The van der Waals surface area contributed by atoms with E-state index in [4.69, 9.17) is 4.74 Å². The van der Waals surface area contributed by atoms with E-state index in [2.05, 4.69) is 9.82 Å². The van der Waals surface area contributed by atoms with Crippen LogP contribution in [0.4, 0.5) is 18.9 Å². The summed E-state index contributed by atoms with van der Waals surface area (Å²) in [5.41, 5.74) is 0.343. The molecule has 1 heterocycles.